The maximum atomic E-state index is 12.3. The van der Waals surface area contributed by atoms with E-state index < -0.39 is 5.60 Å². The zero-order valence-electron chi connectivity index (χ0n) is 12.3. The minimum absolute atomic E-state index is 0.0892. The smallest absolute Gasteiger partial charge is 0.227 e. The third kappa shape index (κ3) is 3.69. The third-order valence-corrected chi connectivity index (χ3v) is 4.79. The largest absolute Gasteiger partial charge is 0.388 e. The Hall–Kier alpha value is -0.610. The van der Waals surface area contributed by atoms with Crippen LogP contribution in [0, 0.1) is 11.3 Å². The van der Waals surface area contributed by atoms with Gasteiger partial charge in [0.2, 0.25) is 5.91 Å². The van der Waals surface area contributed by atoms with Gasteiger partial charge in [-0.15, -0.1) is 0 Å². The van der Waals surface area contributed by atoms with Crippen LogP contribution in [0.5, 0.6) is 0 Å². The summed E-state index contributed by atoms with van der Waals surface area (Å²) in [5.74, 6) is 0.647. The molecule has 4 heteroatoms. The molecule has 0 aromatic heterocycles. The maximum absolute atomic E-state index is 12.3. The first-order valence-electron chi connectivity index (χ1n) is 7.65. The van der Waals surface area contributed by atoms with Gasteiger partial charge in [0.25, 0.3) is 0 Å². The van der Waals surface area contributed by atoms with Crippen molar-refractivity contribution in [2.75, 3.05) is 19.6 Å². The van der Waals surface area contributed by atoms with Gasteiger partial charge in [0, 0.05) is 13.1 Å². The molecule has 0 radical (unpaired) electrons. The molecule has 0 aromatic carbocycles. The van der Waals surface area contributed by atoms with E-state index in [-0.39, 0.29) is 11.3 Å². The summed E-state index contributed by atoms with van der Waals surface area (Å²) in [5.41, 5.74) is -0.999. The maximum Gasteiger partial charge on any atom is 0.227 e. The number of piperidine rings is 1. The van der Waals surface area contributed by atoms with E-state index >= 15 is 0 Å². The summed E-state index contributed by atoms with van der Waals surface area (Å²) in [5, 5.41) is 16.8. The molecule has 2 fully saturated rings. The predicted molar refractivity (Wildman–Crippen MR) is 75.8 cm³/mol. The van der Waals surface area contributed by atoms with E-state index in [2.05, 4.69) is 17.6 Å². The highest BCUT2D eigenvalue weighted by Crippen LogP contribution is 2.32. The first-order valence-corrected chi connectivity index (χ1v) is 7.65. The van der Waals surface area contributed by atoms with E-state index in [1.807, 2.05) is 6.92 Å². The van der Waals surface area contributed by atoms with Crippen LogP contribution in [-0.4, -0.2) is 36.2 Å². The first kappa shape index (κ1) is 14.8. The first-order chi connectivity index (χ1) is 8.94. The monoisotopic (exact) mass is 268 g/mol. The number of carbonyl (C=O) groups is 1. The van der Waals surface area contributed by atoms with Crippen LogP contribution in [0.3, 0.4) is 0 Å². The quantitative estimate of drug-likeness (QED) is 0.726. The fourth-order valence-corrected chi connectivity index (χ4v) is 3.50. The second-order valence-electron chi connectivity index (χ2n) is 6.95. The molecule has 0 aromatic rings. The van der Waals surface area contributed by atoms with Gasteiger partial charge in [-0.05, 0) is 45.1 Å². The Morgan fingerprint density at radius 3 is 2.84 bits per heavy atom. The van der Waals surface area contributed by atoms with E-state index in [9.17, 15) is 9.90 Å². The second kappa shape index (κ2) is 5.80. The van der Waals surface area contributed by atoms with Crippen LogP contribution < -0.4 is 10.6 Å². The van der Waals surface area contributed by atoms with Gasteiger partial charge in [0.15, 0.2) is 0 Å². The molecular formula is C15H28N2O2. The van der Waals surface area contributed by atoms with E-state index in [0.29, 0.717) is 12.5 Å². The average Bonchev–Trinajstić information content (AvgIpc) is 2.36. The lowest BCUT2D eigenvalue weighted by atomic mass is 9.78. The van der Waals surface area contributed by atoms with Crippen LogP contribution in [0.2, 0.25) is 0 Å². The Labute approximate surface area is 116 Å². The molecule has 1 heterocycles. The van der Waals surface area contributed by atoms with Gasteiger partial charge in [-0.2, -0.15) is 0 Å². The zero-order valence-corrected chi connectivity index (χ0v) is 12.3. The van der Waals surface area contributed by atoms with E-state index in [1.165, 1.54) is 6.42 Å². The molecule has 1 aliphatic heterocycles. The summed E-state index contributed by atoms with van der Waals surface area (Å²) < 4.78 is 0. The number of hydrogen-bond donors (Lipinski definition) is 3. The number of nitrogens with one attached hydrogen (secondary N) is 2. The van der Waals surface area contributed by atoms with Crippen molar-refractivity contribution in [2.24, 2.45) is 11.3 Å². The van der Waals surface area contributed by atoms with Crippen LogP contribution in [0.15, 0.2) is 0 Å². The molecule has 1 saturated carbocycles. The molecule has 2 aliphatic rings. The van der Waals surface area contributed by atoms with Crippen molar-refractivity contribution in [1.29, 1.82) is 0 Å². The minimum atomic E-state index is -0.689. The fourth-order valence-electron chi connectivity index (χ4n) is 3.50. The van der Waals surface area contributed by atoms with Crippen LogP contribution >= 0.6 is 0 Å². The molecule has 3 atom stereocenters. The number of amides is 1. The lowest BCUT2D eigenvalue weighted by Crippen LogP contribution is -2.53. The van der Waals surface area contributed by atoms with Gasteiger partial charge in [-0.3, -0.25) is 4.79 Å². The summed E-state index contributed by atoms with van der Waals surface area (Å²) in [6.45, 7) is 6.35. The van der Waals surface area contributed by atoms with Gasteiger partial charge >= 0.3 is 0 Å². The Kier molecular flexibility index (Phi) is 4.51. The second-order valence-corrected chi connectivity index (χ2v) is 6.95. The van der Waals surface area contributed by atoms with Gasteiger partial charge in [0.05, 0.1) is 11.0 Å². The number of carbonyl (C=O) groups excluding carboxylic acids is 1. The van der Waals surface area contributed by atoms with E-state index in [1.54, 1.807) is 0 Å². The summed E-state index contributed by atoms with van der Waals surface area (Å²) in [6, 6.07) is 0. The Balaban J connectivity index is 1.85. The Morgan fingerprint density at radius 1 is 1.42 bits per heavy atom. The number of hydrogen-bond acceptors (Lipinski definition) is 3. The van der Waals surface area contributed by atoms with Crippen molar-refractivity contribution < 1.29 is 9.90 Å². The van der Waals surface area contributed by atoms with Crippen LogP contribution in [0.25, 0.3) is 0 Å². The molecule has 1 amide bonds. The average molecular weight is 268 g/mol. The van der Waals surface area contributed by atoms with Crippen LogP contribution in [0.1, 0.15) is 52.4 Å². The molecule has 4 nitrogen and oxygen atoms in total. The summed E-state index contributed by atoms with van der Waals surface area (Å²) in [4.78, 5) is 12.3. The highest BCUT2D eigenvalue weighted by Gasteiger charge is 2.37. The van der Waals surface area contributed by atoms with Crippen molar-refractivity contribution in [3.8, 4) is 0 Å². The van der Waals surface area contributed by atoms with Gasteiger partial charge in [-0.1, -0.05) is 19.8 Å². The highest BCUT2D eigenvalue weighted by atomic mass is 16.3. The van der Waals surface area contributed by atoms with E-state index in [0.717, 1.165) is 45.2 Å². The lowest BCUT2D eigenvalue weighted by Gasteiger charge is -2.38. The van der Waals surface area contributed by atoms with E-state index in [4.69, 9.17) is 0 Å². The topological polar surface area (TPSA) is 61.4 Å². The normalized spacial score (nSPS) is 39.8. The van der Waals surface area contributed by atoms with Crippen molar-refractivity contribution >= 4 is 5.91 Å². The number of rotatable bonds is 3. The van der Waals surface area contributed by atoms with Gasteiger partial charge < -0.3 is 15.7 Å². The molecule has 2 rings (SSSR count). The van der Waals surface area contributed by atoms with Crippen LogP contribution in [-0.2, 0) is 4.79 Å². The van der Waals surface area contributed by atoms with Crippen molar-refractivity contribution in [3.05, 3.63) is 0 Å². The highest BCUT2D eigenvalue weighted by molar-refractivity contribution is 5.82. The molecule has 0 spiro atoms. The summed E-state index contributed by atoms with van der Waals surface area (Å²) >= 11 is 0. The molecule has 3 unspecified atom stereocenters. The number of aliphatic hydroxyl groups is 1. The SMILES string of the molecule is CC1CCCC(O)(CNC(=O)C2(C)CCCNC2)C1. The molecule has 19 heavy (non-hydrogen) atoms. The van der Waals surface area contributed by atoms with Crippen molar-refractivity contribution in [2.45, 2.75) is 58.0 Å². The molecular weight excluding hydrogens is 240 g/mol. The summed E-state index contributed by atoms with van der Waals surface area (Å²) in [6.07, 6.45) is 5.85. The minimum Gasteiger partial charge on any atom is -0.388 e. The molecule has 0 bridgehead atoms. The third-order valence-electron chi connectivity index (χ3n) is 4.79. The predicted octanol–water partition coefficient (Wildman–Crippen LogP) is 1.43. The lowest BCUT2D eigenvalue weighted by molar-refractivity contribution is -0.133. The zero-order chi connectivity index (χ0) is 13.9. The standard InChI is InChI=1S/C15H28N2O2/c1-12-5-3-7-15(19,9-12)11-17-13(18)14(2)6-4-8-16-10-14/h12,16,19H,3-11H2,1-2H3,(H,17,18). The van der Waals surface area contributed by atoms with Crippen molar-refractivity contribution in [1.82, 2.24) is 10.6 Å². The van der Waals surface area contributed by atoms with Gasteiger partial charge in [-0.25, -0.2) is 0 Å². The molecule has 1 aliphatic carbocycles. The van der Waals surface area contributed by atoms with Crippen molar-refractivity contribution in [3.63, 3.8) is 0 Å². The van der Waals surface area contributed by atoms with Gasteiger partial charge in [0.1, 0.15) is 0 Å². The fraction of sp³-hybridized carbons (Fsp3) is 0.933. The summed E-state index contributed by atoms with van der Waals surface area (Å²) in [7, 11) is 0. The molecule has 110 valence electrons. The molecule has 3 N–H and O–H groups in total. The van der Waals surface area contributed by atoms with Crippen LogP contribution in [0.4, 0.5) is 0 Å². The Morgan fingerprint density at radius 2 is 2.21 bits per heavy atom. The Bertz CT molecular complexity index is 326. The molecule has 1 saturated heterocycles.